The fourth-order valence-electron chi connectivity index (χ4n) is 3.89. The first kappa shape index (κ1) is 17.0. The number of hydrogen-bond acceptors (Lipinski definition) is 5. The predicted molar refractivity (Wildman–Crippen MR) is 93.2 cm³/mol. The molecule has 0 radical (unpaired) electrons. The third-order valence-corrected chi connectivity index (χ3v) is 5.36. The number of amides is 1. The van der Waals surface area contributed by atoms with Crippen molar-refractivity contribution in [3.63, 3.8) is 0 Å². The summed E-state index contributed by atoms with van der Waals surface area (Å²) >= 11 is 0. The molecule has 2 fully saturated rings. The quantitative estimate of drug-likeness (QED) is 0.909. The van der Waals surface area contributed by atoms with Crippen molar-refractivity contribution in [3.8, 4) is 17.2 Å². The van der Waals surface area contributed by atoms with Gasteiger partial charge in [0.05, 0.1) is 18.4 Å². The average molecular weight is 359 g/mol. The SMILES string of the molecule is COc1ccc(F)c(-c2nc(CN3[C@@H]4CC[C@H]3CNC(=O)C4)c(C)o2)c1. The standard InChI is InChI=1S/C19H22FN3O3/c1-11-17(10-23-12-3-4-13(23)9-21-18(24)7-12)22-19(26-11)15-8-14(25-2)5-6-16(15)20/h5-6,8,12-13H,3-4,7,9-10H2,1-2H3,(H,21,24)/t12-,13+/m1/s1. The molecule has 6 nitrogen and oxygen atoms in total. The van der Waals surface area contributed by atoms with E-state index in [4.69, 9.17) is 9.15 Å². The van der Waals surface area contributed by atoms with E-state index in [2.05, 4.69) is 15.2 Å². The molecule has 0 saturated carbocycles. The first-order valence-corrected chi connectivity index (χ1v) is 8.88. The second-order valence-corrected chi connectivity index (χ2v) is 6.93. The fourth-order valence-corrected chi connectivity index (χ4v) is 3.89. The fraction of sp³-hybridized carbons (Fsp3) is 0.474. The van der Waals surface area contributed by atoms with Gasteiger partial charge in [-0.1, -0.05) is 0 Å². The number of methoxy groups -OCH3 is 1. The average Bonchev–Trinajstić information content (AvgIpc) is 3.12. The molecule has 3 heterocycles. The second kappa shape index (κ2) is 6.72. The molecule has 2 bridgehead atoms. The van der Waals surface area contributed by atoms with E-state index >= 15 is 0 Å². The highest BCUT2D eigenvalue weighted by Crippen LogP contribution is 2.32. The molecule has 2 saturated heterocycles. The lowest BCUT2D eigenvalue weighted by molar-refractivity contribution is -0.121. The van der Waals surface area contributed by atoms with Crippen LogP contribution >= 0.6 is 0 Å². The molecule has 0 spiro atoms. The predicted octanol–water partition coefficient (Wildman–Crippen LogP) is 2.65. The van der Waals surface area contributed by atoms with Gasteiger partial charge in [0.25, 0.3) is 0 Å². The van der Waals surface area contributed by atoms with E-state index in [9.17, 15) is 9.18 Å². The van der Waals surface area contributed by atoms with Crippen LogP contribution < -0.4 is 10.1 Å². The van der Waals surface area contributed by atoms with Gasteiger partial charge in [-0.25, -0.2) is 9.37 Å². The molecular formula is C19H22FN3O3. The Morgan fingerprint density at radius 1 is 1.38 bits per heavy atom. The van der Waals surface area contributed by atoms with Crippen molar-refractivity contribution in [1.82, 2.24) is 15.2 Å². The van der Waals surface area contributed by atoms with Crippen molar-refractivity contribution in [2.24, 2.45) is 0 Å². The van der Waals surface area contributed by atoms with Crippen molar-refractivity contribution < 1.29 is 18.3 Å². The van der Waals surface area contributed by atoms with E-state index < -0.39 is 5.82 Å². The van der Waals surface area contributed by atoms with E-state index in [-0.39, 0.29) is 23.4 Å². The van der Waals surface area contributed by atoms with Crippen LogP contribution in [0.25, 0.3) is 11.5 Å². The molecule has 0 aliphatic carbocycles. The summed E-state index contributed by atoms with van der Waals surface area (Å²) in [5.41, 5.74) is 1.07. The van der Waals surface area contributed by atoms with Gasteiger partial charge in [0, 0.05) is 31.6 Å². The molecule has 1 N–H and O–H groups in total. The number of hydrogen-bond donors (Lipinski definition) is 1. The minimum atomic E-state index is -0.400. The Morgan fingerprint density at radius 3 is 3.00 bits per heavy atom. The maximum atomic E-state index is 14.2. The van der Waals surface area contributed by atoms with E-state index in [1.54, 1.807) is 12.1 Å². The van der Waals surface area contributed by atoms with Gasteiger partial charge in [-0.3, -0.25) is 9.69 Å². The van der Waals surface area contributed by atoms with Gasteiger partial charge >= 0.3 is 0 Å². The lowest BCUT2D eigenvalue weighted by Crippen LogP contribution is -2.37. The molecule has 2 aromatic rings. The van der Waals surface area contributed by atoms with Crippen molar-refractivity contribution in [2.45, 2.75) is 44.8 Å². The van der Waals surface area contributed by atoms with Crippen LogP contribution in [0.3, 0.4) is 0 Å². The van der Waals surface area contributed by atoms with Crippen molar-refractivity contribution >= 4 is 5.91 Å². The van der Waals surface area contributed by atoms with E-state index in [1.807, 2.05) is 6.92 Å². The molecule has 2 atom stereocenters. The highest BCUT2D eigenvalue weighted by atomic mass is 19.1. The summed E-state index contributed by atoms with van der Waals surface area (Å²) in [4.78, 5) is 18.7. The zero-order valence-electron chi connectivity index (χ0n) is 14.9. The first-order chi connectivity index (χ1) is 12.5. The lowest BCUT2D eigenvalue weighted by atomic mass is 10.1. The number of carbonyl (C=O) groups is 1. The molecule has 26 heavy (non-hydrogen) atoms. The Labute approximate surface area is 151 Å². The first-order valence-electron chi connectivity index (χ1n) is 8.88. The van der Waals surface area contributed by atoms with E-state index in [0.29, 0.717) is 37.1 Å². The van der Waals surface area contributed by atoms with Gasteiger partial charge in [-0.05, 0) is 38.0 Å². The molecular weight excluding hydrogens is 337 g/mol. The Hall–Kier alpha value is -2.41. The summed E-state index contributed by atoms with van der Waals surface area (Å²) in [5.74, 6) is 1.19. The number of halogens is 1. The molecule has 7 heteroatoms. The molecule has 4 rings (SSSR count). The maximum absolute atomic E-state index is 14.2. The van der Waals surface area contributed by atoms with E-state index in [1.165, 1.54) is 13.2 Å². The van der Waals surface area contributed by atoms with Gasteiger partial charge < -0.3 is 14.5 Å². The zero-order valence-corrected chi connectivity index (χ0v) is 14.9. The number of fused-ring (bicyclic) bond motifs is 2. The number of carbonyl (C=O) groups excluding carboxylic acids is 1. The Balaban J connectivity index is 1.61. The minimum absolute atomic E-state index is 0.109. The van der Waals surface area contributed by atoms with Gasteiger partial charge in [0.2, 0.25) is 11.8 Å². The van der Waals surface area contributed by atoms with Crippen LogP contribution in [-0.2, 0) is 11.3 Å². The number of ether oxygens (including phenoxy) is 1. The van der Waals surface area contributed by atoms with Gasteiger partial charge in [0.15, 0.2) is 0 Å². The van der Waals surface area contributed by atoms with Crippen molar-refractivity contribution in [1.29, 1.82) is 0 Å². The summed E-state index contributed by atoms with van der Waals surface area (Å²) in [5, 5.41) is 2.97. The van der Waals surface area contributed by atoms with Crippen molar-refractivity contribution in [3.05, 3.63) is 35.5 Å². The van der Waals surface area contributed by atoms with Crippen LogP contribution in [0.4, 0.5) is 4.39 Å². The van der Waals surface area contributed by atoms with Crippen molar-refractivity contribution in [2.75, 3.05) is 13.7 Å². The van der Waals surface area contributed by atoms with E-state index in [0.717, 1.165) is 18.5 Å². The Kier molecular flexibility index (Phi) is 4.40. The van der Waals surface area contributed by atoms with Crippen LogP contribution in [0.5, 0.6) is 5.75 Å². The van der Waals surface area contributed by atoms with Gasteiger partial charge in [-0.15, -0.1) is 0 Å². The Bertz CT molecular complexity index is 835. The lowest BCUT2D eigenvalue weighted by Gasteiger charge is -2.26. The van der Waals surface area contributed by atoms with Gasteiger partial charge in [-0.2, -0.15) is 0 Å². The van der Waals surface area contributed by atoms with Crippen LogP contribution in [0.15, 0.2) is 22.6 Å². The molecule has 1 amide bonds. The monoisotopic (exact) mass is 359 g/mol. The van der Waals surface area contributed by atoms with Crippen LogP contribution in [-0.4, -0.2) is 41.5 Å². The molecule has 1 aromatic carbocycles. The van der Waals surface area contributed by atoms with Crippen LogP contribution in [0.2, 0.25) is 0 Å². The molecule has 1 aromatic heterocycles. The summed E-state index contributed by atoms with van der Waals surface area (Å²) < 4.78 is 25.1. The number of nitrogens with one attached hydrogen (secondary N) is 1. The molecule has 0 unspecified atom stereocenters. The summed E-state index contributed by atoms with van der Waals surface area (Å²) in [6.45, 7) is 3.11. The summed E-state index contributed by atoms with van der Waals surface area (Å²) in [7, 11) is 1.54. The second-order valence-electron chi connectivity index (χ2n) is 6.93. The molecule has 2 aliphatic rings. The normalized spacial score (nSPS) is 23.0. The van der Waals surface area contributed by atoms with Crippen LogP contribution in [0, 0.1) is 12.7 Å². The molecule has 2 aliphatic heterocycles. The topological polar surface area (TPSA) is 67.6 Å². The third kappa shape index (κ3) is 3.07. The number of aryl methyl sites for hydroxylation is 1. The number of oxazole rings is 1. The summed E-state index contributed by atoms with van der Waals surface area (Å²) in [6, 6.07) is 5.05. The number of aromatic nitrogens is 1. The van der Waals surface area contributed by atoms with Crippen LogP contribution in [0.1, 0.15) is 30.7 Å². The Morgan fingerprint density at radius 2 is 2.19 bits per heavy atom. The highest BCUT2D eigenvalue weighted by Gasteiger charge is 2.38. The number of benzene rings is 1. The zero-order chi connectivity index (χ0) is 18.3. The maximum Gasteiger partial charge on any atom is 0.229 e. The van der Waals surface area contributed by atoms with Gasteiger partial charge in [0.1, 0.15) is 17.3 Å². The highest BCUT2D eigenvalue weighted by molar-refractivity contribution is 5.77. The largest absolute Gasteiger partial charge is 0.497 e. The number of rotatable bonds is 4. The summed E-state index contributed by atoms with van der Waals surface area (Å²) in [6.07, 6.45) is 2.61. The smallest absolute Gasteiger partial charge is 0.229 e. The third-order valence-electron chi connectivity index (χ3n) is 5.36. The number of nitrogens with zero attached hydrogens (tertiary/aromatic N) is 2. The molecule has 138 valence electrons. The minimum Gasteiger partial charge on any atom is -0.497 e.